The van der Waals surface area contributed by atoms with Crippen LogP contribution in [0.1, 0.15) is 64.7 Å². The standard InChI is InChI=1S/C21H34O4S/c1-21(24-17-18-25-21)16-12-7-5-3-4-6-11-15-20(23-2)26(22)19-13-9-8-10-14-19/h8-10,13-14,20H,3-7,11-12,15-18H2,1-2H3. The fourth-order valence-electron chi connectivity index (χ4n) is 3.36. The molecule has 0 N–H and O–H groups in total. The van der Waals surface area contributed by atoms with Crippen LogP contribution >= 0.6 is 0 Å². The number of hydrogen-bond donors (Lipinski definition) is 0. The fourth-order valence-corrected chi connectivity index (χ4v) is 4.65. The van der Waals surface area contributed by atoms with E-state index in [2.05, 4.69) is 0 Å². The van der Waals surface area contributed by atoms with E-state index in [0.717, 1.165) is 43.8 Å². The van der Waals surface area contributed by atoms with Gasteiger partial charge in [-0.3, -0.25) is 4.21 Å². The van der Waals surface area contributed by atoms with Crippen molar-refractivity contribution in [2.24, 2.45) is 0 Å². The second-order valence-corrected chi connectivity index (χ2v) is 8.71. The van der Waals surface area contributed by atoms with Gasteiger partial charge >= 0.3 is 0 Å². The molecule has 0 aliphatic carbocycles. The first-order valence-corrected chi connectivity index (χ1v) is 11.1. The van der Waals surface area contributed by atoms with Crippen LogP contribution in [0.3, 0.4) is 0 Å². The summed E-state index contributed by atoms with van der Waals surface area (Å²) in [6, 6.07) is 9.60. The molecule has 4 nitrogen and oxygen atoms in total. The summed E-state index contributed by atoms with van der Waals surface area (Å²) >= 11 is 0. The number of hydrogen-bond acceptors (Lipinski definition) is 4. The van der Waals surface area contributed by atoms with Crippen molar-refractivity contribution in [3.8, 4) is 0 Å². The molecule has 0 spiro atoms. The van der Waals surface area contributed by atoms with Gasteiger partial charge in [0.1, 0.15) is 5.44 Å². The summed E-state index contributed by atoms with van der Waals surface area (Å²) in [6.45, 7) is 3.51. The van der Waals surface area contributed by atoms with Crippen LogP contribution in [-0.2, 0) is 25.0 Å². The molecule has 0 saturated carbocycles. The molecule has 1 aromatic rings. The van der Waals surface area contributed by atoms with E-state index in [1.165, 1.54) is 32.1 Å². The highest BCUT2D eigenvalue weighted by Crippen LogP contribution is 2.25. The van der Waals surface area contributed by atoms with E-state index in [1.807, 2.05) is 37.3 Å². The van der Waals surface area contributed by atoms with E-state index in [4.69, 9.17) is 14.2 Å². The lowest BCUT2D eigenvalue weighted by Gasteiger charge is -2.21. The molecular formula is C21H34O4S. The molecule has 0 amide bonds. The summed E-state index contributed by atoms with van der Waals surface area (Å²) in [5.41, 5.74) is -0.204. The monoisotopic (exact) mass is 382 g/mol. The van der Waals surface area contributed by atoms with Crippen molar-refractivity contribution in [2.45, 2.75) is 80.8 Å². The Morgan fingerprint density at radius 1 is 1.00 bits per heavy atom. The van der Waals surface area contributed by atoms with Gasteiger partial charge in [-0.25, -0.2) is 0 Å². The van der Waals surface area contributed by atoms with Gasteiger partial charge in [0.05, 0.1) is 24.0 Å². The molecule has 148 valence electrons. The molecular weight excluding hydrogens is 348 g/mol. The van der Waals surface area contributed by atoms with E-state index in [0.29, 0.717) is 0 Å². The van der Waals surface area contributed by atoms with Gasteiger partial charge in [-0.1, -0.05) is 50.3 Å². The summed E-state index contributed by atoms with van der Waals surface area (Å²) < 4.78 is 29.2. The molecule has 0 bridgehead atoms. The van der Waals surface area contributed by atoms with E-state index in [9.17, 15) is 4.21 Å². The molecule has 1 heterocycles. The Morgan fingerprint density at radius 3 is 2.19 bits per heavy atom. The summed E-state index contributed by atoms with van der Waals surface area (Å²) in [4.78, 5) is 0.850. The van der Waals surface area contributed by atoms with Crippen LogP contribution in [0.5, 0.6) is 0 Å². The second kappa shape index (κ2) is 11.9. The van der Waals surface area contributed by atoms with Gasteiger partial charge in [0.2, 0.25) is 0 Å². The maximum atomic E-state index is 12.5. The maximum absolute atomic E-state index is 12.5. The number of unbranched alkanes of at least 4 members (excludes halogenated alkanes) is 6. The minimum Gasteiger partial charge on any atom is -0.368 e. The number of ether oxygens (including phenoxy) is 3. The lowest BCUT2D eigenvalue weighted by molar-refractivity contribution is -0.147. The summed E-state index contributed by atoms with van der Waals surface area (Å²) in [7, 11) is 0.572. The van der Waals surface area contributed by atoms with E-state index in [-0.39, 0.29) is 11.2 Å². The van der Waals surface area contributed by atoms with Crippen LogP contribution in [0.2, 0.25) is 0 Å². The highest BCUT2D eigenvalue weighted by Gasteiger charge is 2.29. The van der Waals surface area contributed by atoms with E-state index < -0.39 is 10.8 Å². The van der Waals surface area contributed by atoms with Crippen LogP contribution in [-0.4, -0.2) is 35.8 Å². The van der Waals surface area contributed by atoms with Gasteiger partial charge in [-0.05, 0) is 38.3 Å². The van der Waals surface area contributed by atoms with Gasteiger partial charge in [-0.2, -0.15) is 0 Å². The number of rotatable bonds is 13. The van der Waals surface area contributed by atoms with Gasteiger partial charge in [0, 0.05) is 18.4 Å². The molecule has 2 atom stereocenters. The molecule has 0 radical (unpaired) electrons. The maximum Gasteiger partial charge on any atom is 0.165 e. The zero-order chi connectivity index (χ0) is 18.7. The van der Waals surface area contributed by atoms with E-state index >= 15 is 0 Å². The molecule has 26 heavy (non-hydrogen) atoms. The van der Waals surface area contributed by atoms with E-state index in [1.54, 1.807) is 7.11 Å². The minimum atomic E-state index is -1.08. The Hall–Kier alpha value is -0.750. The largest absolute Gasteiger partial charge is 0.368 e. The van der Waals surface area contributed by atoms with Crippen molar-refractivity contribution in [3.63, 3.8) is 0 Å². The van der Waals surface area contributed by atoms with Gasteiger partial charge < -0.3 is 14.2 Å². The third-order valence-electron chi connectivity index (χ3n) is 4.95. The van der Waals surface area contributed by atoms with Crippen molar-refractivity contribution in [1.29, 1.82) is 0 Å². The summed E-state index contributed by atoms with van der Waals surface area (Å²) in [6.07, 6.45) is 10.3. The summed E-state index contributed by atoms with van der Waals surface area (Å²) in [5, 5.41) is 0. The fraction of sp³-hybridized carbons (Fsp3) is 0.714. The predicted molar refractivity (Wildman–Crippen MR) is 106 cm³/mol. The molecule has 2 rings (SSSR count). The van der Waals surface area contributed by atoms with Crippen LogP contribution in [0.15, 0.2) is 35.2 Å². The van der Waals surface area contributed by atoms with Crippen molar-refractivity contribution >= 4 is 10.8 Å². The Labute approximate surface area is 161 Å². The normalized spacial score (nSPS) is 18.7. The quantitative estimate of drug-likeness (QED) is 0.448. The van der Waals surface area contributed by atoms with Crippen molar-refractivity contribution in [3.05, 3.63) is 30.3 Å². The topological polar surface area (TPSA) is 44.8 Å². The molecule has 1 aliphatic heterocycles. The molecule has 2 unspecified atom stereocenters. The number of methoxy groups -OCH3 is 1. The molecule has 1 fully saturated rings. The molecule has 5 heteroatoms. The second-order valence-electron chi connectivity index (χ2n) is 7.12. The lowest BCUT2D eigenvalue weighted by atomic mass is 10.0. The van der Waals surface area contributed by atoms with Crippen molar-refractivity contribution < 1.29 is 18.4 Å². The van der Waals surface area contributed by atoms with Crippen LogP contribution in [0.25, 0.3) is 0 Å². The third-order valence-corrected chi connectivity index (χ3v) is 6.59. The zero-order valence-corrected chi connectivity index (χ0v) is 17.1. The Bertz CT molecular complexity index is 514. The first kappa shape index (κ1) is 21.5. The third kappa shape index (κ3) is 7.47. The van der Waals surface area contributed by atoms with Gasteiger partial charge in [-0.15, -0.1) is 0 Å². The molecule has 1 aliphatic rings. The average Bonchev–Trinajstić information content (AvgIpc) is 3.10. The van der Waals surface area contributed by atoms with Crippen molar-refractivity contribution in [1.82, 2.24) is 0 Å². The average molecular weight is 383 g/mol. The molecule has 0 aromatic heterocycles. The highest BCUT2D eigenvalue weighted by molar-refractivity contribution is 7.85. The Morgan fingerprint density at radius 2 is 1.58 bits per heavy atom. The molecule has 1 aromatic carbocycles. The molecule has 1 saturated heterocycles. The smallest absolute Gasteiger partial charge is 0.165 e. The Kier molecular flexibility index (Phi) is 9.83. The first-order valence-electron chi connectivity index (χ1n) is 9.91. The lowest BCUT2D eigenvalue weighted by Crippen LogP contribution is -2.24. The predicted octanol–water partition coefficient (Wildman–Crippen LogP) is 5.04. The van der Waals surface area contributed by atoms with Crippen LogP contribution in [0, 0.1) is 0 Å². The van der Waals surface area contributed by atoms with Crippen molar-refractivity contribution in [2.75, 3.05) is 20.3 Å². The highest BCUT2D eigenvalue weighted by atomic mass is 32.2. The minimum absolute atomic E-state index is 0.204. The SMILES string of the molecule is COC(CCCCCCCCCC1(C)OCCO1)S(=O)c1ccccc1. The van der Waals surface area contributed by atoms with Gasteiger partial charge in [0.15, 0.2) is 5.79 Å². The summed E-state index contributed by atoms with van der Waals surface area (Å²) in [5.74, 6) is -0.330. The van der Waals surface area contributed by atoms with Crippen LogP contribution < -0.4 is 0 Å². The first-order chi connectivity index (χ1) is 12.6. The van der Waals surface area contributed by atoms with Gasteiger partial charge in [0.25, 0.3) is 0 Å². The zero-order valence-electron chi connectivity index (χ0n) is 16.3. The Balaban J connectivity index is 1.49. The van der Waals surface area contributed by atoms with Crippen LogP contribution in [0.4, 0.5) is 0 Å². The number of benzene rings is 1.